The molecule has 7 heteroatoms. The van der Waals surface area contributed by atoms with Crippen LogP contribution in [0.15, 0.2) is 53.4 Å². The summed E-state index contributed by atoms with van der Waals surface area (Å²) in [5.41, 5.74) is 2.70. The normalized spacial score (nSPS) is 15.7. The zero-order chi connectivity index (χ0) is 18.7. The molecule has 1 saturated heterocycles. The highest BCUT2D eigenvalue weighted by Crippen LogP contribution is 2.32. The molecule has 3 rings (SSSR count). The van der Waals surface area contributed by atoms with E-state index in [0.717, 1.165) is 28.7 Å². The van der Waals surface area contributed by atoms with Crippen LogP contribution in [0, 0.1) is 0 Å². The van der Waals surface area contributed by atoms with E-state index in [1.54, 1.807) is 24.3 Å². The maximum atomic E-state index is 12.5. The number of anilines is 2. The predicted molar refractivity (Wildman–Crippen MR) is 109 cm³/mol. The zero-order valence-corrected chi connectivity index (χ0v) is 16.0. The first-order valence-corrected chi connectivity index (χ1v) is 9.16. The van der Waals surface area contributed by atoms with Gasteiger partial charge in [0, 0.05) is 30.5 Å². The minimum atomic E-state index is -0.300. The van der Waals surface area contributed by atoms with Gasteiger partial charge in [-0.25, -0.2) is 0 Å². The number of hydrogen-bond donors (Lipinski definition) is 1. The third-order valence-corrected chi connectivity index (χ3v) is 4.99. The number of rotatable bonds is 5. The summed E-state index contributed by atoms with van der Waals surface area (Å²) in [6.07, 6.45) is 1.74. The summed E-state index contributed by atoms with van der Waals surface area (Å²) in [4.78, 5) is 28.3. The number of nitrogens with one attached hydrogen (secondary N) is 1. The van der Waals surface area contributed by atoms with E-state index >= 15 is 0 Å². The van der Waals surface area contributed by atoms with Gasteiger partial charge in [0.05, 0.1) is 11.6 Å². The van der Waals surface area contributed by atoms with Gasteiger partial charge in [-0.15, -0.1) is 0 Å². The lowest BCUT2D eigenvalue weighted by atomic mass is 10.2. The third-order valence-electron chi connectivity index (χ3n) is 3.85. The van der Waals surface area contributed by atoms with Crippen LogP contribution in [0.25, 0.3) is 6.08 Å². The van der Waals surface area contributed by atoms with Crippen molar-refractivity contribution in [3.63, 3.8) is 0 Å². The molecular weight excluding hydrogens is 370 g/mol. The molecule has 26 heavy (non-hydrogen) atoms. The van der Waals surface area contributed by atoms with E-state index < -0.39 is 0 Å². The van der Waals surface area contributed by atoms with Crippen molar-refractivity contribution in [3.05, 3.63) is 64.0 Å². The highest BCUT2D eigenvalue weighted by molar-refractivity contribution is 8.18. The molecular formula is C19H18ClN3O2S. The second-order valence-electron chi connectivity index (χ2n) is 5.94. The van der Waals surface area contributed by atoms with Gasteiger partial charge in [-0.2, -0.15) is 0 Å². The number of carbonyl (C=O) groups is 2. The summed E-state index contributed by atoms with van der Waals surface area (Å²) in [6.45, 7) is 0.0991. The fourth-order valence-electron chi connectivity index (χ4n) is 2.43. The number of halogens is 1. The molecule has 1 fully saturated rings. The Balaban J connectivity index is 1.69. The van der Waals surface area contributed by atoms with Gasteiger partial charge in [0.25, 0.3) is 11.1 Å². The topological polar surface area (TPSA) is 52.7 Å². The first kappa shape index (κ1) is 18.4. The molecule has 134 valence electrons. The number of imide groups is 1. The van der Waals surface area contributed by atoms with E-state index in [-0.39, 0.29) is 17.8 Å². The zero-order valence-electron chi connectivity index (χ0n) is 14.4. The third kappa shape index (κ3) is 4.20. The van der Waals surface area contributed by atoms with Crippen LogP contribution >= 0.6 is 23.4 Å². The van der Waals surface area contributed by atoms with E-state index in [4.69, 9.17) is 11.6 Å². The van der Waals surface area contributed by atoms with Gasteiger partial charge in [-0.3, -0.25) is 14.5 Å². The van der Waals surface area contributed by atoms with E-state index in [2.05, 4.69) is 5.32 Å². The molecule has 2 amide bonds. The Labute approximate surface area is 161 Å². The average molecular weight is 388 g/mol. The van der Waals surface area contributed by atoms with Crippen LogP contribution in [0.3, 0.4) is 0 Å². The van der Waals surface area contributed by atoms with Crippen LogP contribution < -0.4 is 10.2 Å². The van der Waals surface area contributed by atoms with E-state index in [1.165, 1.54) is 4.90 Å². The second kappa shape index (κ2) is 7.85. The van der Waals surface area contributed by atoms with Crippen molar-refractivity contribution in [1.82, 2.24) is 4.90 Å². The van der Waals surface area contributed by atoms with Crippen molar-refractivity contribution < 1.29 is 9.59 Å². The first-order chi connectivity index (χ1) is 12.4. The lowest BCUT2D eigenvalue weighted by Crippen LogP contribution is -2.33. The smallest absolute Gasteiger partial charge is 0.295 e. The number of carbonyl (C=O) groups excluding carboxylic acids is 2. The molecule has 1 heterocycles. The van der Waals surface area contributed by atoms with Gasteiger partial charge in [-0.05, 0) is 53.7 Å². The van der Waals surface area contributed by atoms with Crippen LogP contribution in [0.5, 0.6) is 0 Å². The highest BCUT2D eigenvalue weighted by atomic mass is 35.5. The molecule has 0 bridgehead atoms. The van der Waals surface area contributed by atoms with E-state index in [0.29, 0.717) is 9.93 Å². The van der Waals surface area contributed by atoms with E-state index in [1.807, 2.05) is 49.3 Å². The van der Waals surface area contributed by atoms with Gasteiger partial charge in [0.2, 0.25) is 0 Å². The summed E-state index contributed by atoms with van der Waals surface area (Å²) in [7, 11) is 3.93. The molecule has 0 radical (unpaired) electrons. The minimum Gasteiger partial charge on any atom is -0.378 e. The molecule has 0 saturated carbocycles. The summed E-state index contributed by atoms with van der Waals surface area (Å²) in [5.74, 6) is -0.300. The Morgan fingerprint density at radius 1 is 1.15 bits per heavy atom. The molecule has 2 aromatic rings. The first-order valence-electron chi connectivity index (χ1n) is 7.96. The maximum absolute atomic E-state index is 12.5. The number of amides is 2. The van der Waals surface area contributed by atoms with Crippen LogP contribution in [-0.4, -0.2) is 36.8 Å². The van der Waals surface area contributed by atoms with Gasteiger partial charge in [0.15, 0.2) is 0 Å². The molecule has 1 N–H and O–H groups in total. The Morgan fingerprint density at radius 2 is 1.88 bits per heavy atom. The lowest BCUT2D eigenvalue weighted by molar-refractivity contribution is -0.122. The molecule has 0 unspecified atom stereocenters. The fraction of sp³-hybridized carbons (Fsp3) is 0.158. The minimum absolute atomic E-state index is 0.0991. The SMILES string of the molecule is CN(C)c1ccc(C=C2SC(=O)N(CNc3cccc(Cl)c3)C2=O)cc1. The van der Waals surface area contributed by atoms with Crippen molar-refractivity contribution in [2.45, 2.75) is 0 Å². The molecule has 0 aromatic heterocycles. The summed E-state index contributed by atoms with van der Waals surface area (Å²) < 4.78 is 0. The second-order valence-corrected chi connectivity index (χ2v) is 7.37. The van der Waals surface area contributed by atoms with Crippen molar-refractivity contribution >= 4 is 52.0 Å². The monoisotopic (exact) mass is 387 g/mol. The van der Waals surface area contributed by atoms with Crippen LogP contribution in [-0.2, 0) is 4.79 Å². The summed E-state index contributed by atoms with van der Waals surface area (Å²) >= 11 is 6.89. The maximum Gasteiger partial charge on any atom is 0.295 e. The number of benzene rings is 2. The Morgan fingerprint density at radius 3 is 2.54 bits per heavy atom. The lowest BCUT2D eigenvalue weighted by Gasteiger charge is -2.14. The summed E-state index contributed by atoms with van der Waals surface area (Å²) in [5, 5.41) is 3.34. The van der Waals surface area contributed by atoms with Crippen molar-refractivity contribution in [2.24, 2.45) is 0 Å². The number of hydrogen-bond acceptors (Lipinski definition) is 5. The molecule has 0 aliphatic carbocycles. The number of thioether (sulfide) groups is 1. The standard InChI is InChI=1S/C19H18ClN3O2S/c1-22(2)16-8-6-13(7-9-16)10-17-18(24)23(19(25)26-17)12-21-15-5-3-4-14(20)11-15/h3-11,21H,12H2,1-2H3. The van der Waals surface area contributed by atoms with Gasteiger partial charge < -0.3 is 10.2 Å². The molecule has 0 atom stereocenters. The predicted octanol–water partition coefficient (Wildman–Crippen LogP) is 4.51. The summed E-state index contributed by atoms with van der Waals surface area (Å²) in [6, 6.07) is 14.9. The largest absolute Gasteiger partial charge is 0.378 e. The molecule has 1 aliphatic rings. The average Bonchev–Trinajstić information content (AvgIpc) is 2.87. The molecule has 0 spiro atoms. The quantitative estimate of drug-likeness (QED) is 0.765. The van der Waals surface area contributed by atoms with Crippen LogP contribution in [0.2, 0.25) is 5.02 Å². The van der Waals surface area contributed by atoms with Gasteiger partial charge in [0.1, 0.15) is 0 Å². The highest BCUT2D eigenvalue weighted by Gasteiger charge is 2.34. The van der Waals surface area contributed by atoms with Gasteiger partial charge in [-0.1, -0.05) is 29.8 Å². The fourth-order valence-corrected chi connectivity index (χ4v) is 3.45. The molecule has 5 nitrogen and oxygen atoms in total. The van der Waals surface area contributed by atoms with Crippen LogP contribution in [0.1, 0.15) is 5.56 Å². The Bertz CT molecular complexity index is 865. The van der Waals surface area contributed by atoms with Crippen molar-refractivity contribution in [3.8, 4) is 0 Å². The Kier molecular flexibility index (Phi) is 5.54. The van der Waals surface area contributed by atoms with Crippen molar-refractivity contribution in [2.75, 3.05) is 31.0 Å². The molecule has 1 aliphatic heterocycles. The van der Waals surface area contributed by atoms with Gasteiger partial charge >= 0.3 is 0 Å². The van der Waals surface area contributed by atoms with Crippen molar-refractivity contribution in [1.29, 1.82) is 0 Å². The van der Waals surface area contributed by atoms with Crippen LogP contribution in [0.4, 0.5) is 16.2 Å². The Hall–Kier alpha value is -2.44. The van der Waals surface area contributed by atoms with E-state index in [9.17, 15) is 9.59 Å². The molecule has 2 aromatic carbocycles. The number of nitrogens with zero attached hydrogens (tertiary/aromatic N) is 2.